The molecule has 0 nitrogen and oxygen atoms in total. The molecule has 1 rings (SSSR count). The zero-order chi connectivity index (χ0) is 7.45. The third-order valence-corrected chi connectivity index (χ3v) is 3.33. The number of hydrogen-bond donors (Lipinski definition) is 0. The van der Waals surface area contributed by atoms with Crippen molar-refractivity contribution in [3.8, 4) is 0 Å². The maximum atomic E-state index is 5.90. The van der Waals surface area contributed by atoms with Crippen LogP contribution in [0, 0.1) is 5.41 Å². The quantitative estimate of drug-likeness (QED) is 0.552. The summed E-state index contributed by atoms with van der Waals surface area (Å²) in [5.41, 5.74) is 0.581. The van der Waals surface area contributed by atoms with E-state index in [1.165, 1.54) is 38.5 Å². The SMILES string of the molecule is CCCCC1(CCl)CCC1. The highest BCUT2D eigenvalue weighted by atomic mass is 35.5. The highest BCUT2D eigenvalue weighted by Crippen LogP contribution is 2.45. The second kappa shape index (κ2) is 3.61. The van der Waals surface area contributed by atoms with Gasteiger partial charge in [0.05, 0.1) is 0 Å². The van der Waals surface area contributed by atoms with Crippen molar-refractivity contribution in [2.75, 3.05) is 5.88 Å². The molecule has 1 heteroatoms. The minimum atomic E-state index is 0.581. The molecule has 0 aromatic carbocycles. The average Bonchev–Trinajstić information content (AvgIpc) is 1.87. The summed E-state index contributed by atoms with van der Waals surface area (Å²) in [6, 6.07) is 0. The van der Waals surface area contributed by atoms with Gasteiger partial charge in [-0.15, -0.1) is 11.6 Å². The molecule has 0 atom stereocenters. The van der Waals surface area contributed by atoms with Crippen molar-refractivity contribution >= 4 is 11.6 Å². The molecular weight excluding hydrogens is 144 g/mol. The lowest BCUT2D eigenvalue weighted by molar-refractivity contribution is 0.147. The van der Waals surface area contributed by atoms with E-state index < -0.39 is 0 Å². The summed E-state index contributed by atoms with van der Waals surface area (Å²) in [5.74, 6) is 0.896. The fraction of sp³-hybridized carbons (Fsp3) is 1.00. The first-order valence-electron chi connectivity index (χ1n) is 4.39. The lowest BCUT2D eigenvalue weighted by atomic mass is 9.67. The Labute approximate surface area is 69.0 Å². The summed E-state index contributed by atoms with van der Waals surface area (Å²) < 4.78 is 0. The first kappa shape index (κ1) is 8.39. The number of unbranched alkanes of at least 4 members (excludes halogenated alkanes) is 1. The molecule has 0 N–H and O–H groups in total. The number of rotatable bonds is 4. The summed E-state index contributed by atoms with van der Waals surface area (Å²) >= 11 is 5.90. The van der Waals surface area contributed by atoms with Gasteiger partial charge in [-0.2, -0.15) is 0 Å². The molecular formula is C9H17Cl. The van der Waals surface area contributed by atoms with Crippen LogP contribution in [-0.2, 0) is 0 Å². The number of hydrogen-bond acceptors (Lipinski definition) is 0. The smallest absolute Gasteiger partial charge is 0.0279 e. The monoisotopic (exact) mass is 160 g/mol. The van der Waals surface area contributed by atoms with E-state index in [-0.39, 0.29) is 0 Å². The predicted octanol–water partition coefficient (Wildman–Crippen LogP) is 3.59. The third-order valence-electron chi connectivity index (χ3n) is 2.76. The summed E-state index contributed by atoms with van der Waals surface area (Å²) in [6.07, 6.45) is 8.24. The van der Waals surface area contributed by atoms with Crippen molar-refractivity contribution in [3.63, 3.8) is 0 Å². The fourth-order valence-electron chi connectivity index (χ4n) is 1.68. The molecule has 0 heterocycles. The number of alkyl halides is 1. The van der Waals surface area contributed by atoms with Crippen molar-refractivity contribution in [2.24, 2.45) is 5.41 Å². The van der Waals surface area contributed by atoms with E-state index in [1.54, 1.807) is 0 Å². The van der Waals surface area contributed by atoms with Gasteiger partial charge in [0.15, 0.2) is 0 Å². The van der Waals surface area contributed by atoms with Gasteiger partial charge in [0.25, 0.3) is 0 Å². The summed E-state index contributed by atoms with van der Waals surface area (Å²) in [7, 11) is 0. The molecule has 0 radical (unpaired) electrons. The molecule has 0 aromatic rings. The van der Waals surface area contributed by atoms with E-state index in [9.17, 15) is 0 Å². The van der Waals surface area contributed by atoms with E-state index in [4.69, 9.17) is 11.6 Å². The molecule has 0 aromatic heterocycles. The molecule has 1 saturated carbocycles. The largest absolute Gasteiger partial charge is 0.126 e. The lowest BCUT2D eigenvalue weighted by Crippen LogP contribution is -2.30. The average molecular weight is 161 g/mol. The van der Waals surface area contributed by atoms with E-state index in [1.807, 2.05) is 0 Å². The van der Waals surface area contributed by atoms with Gasteiger partial charge in [-0.05, 0) is 24.7 Å². The second-order valence-corrected chi connectivity index (χ2v) is 3.86. The molecule has 1 aliphatic carbocycles. The summed E-state index contributed by atoms with van der Waals surface area (Å²) in [6.45, 7) is 2.25. The van der Waals surface area contributed by atoms with Crippen molar-refractivity contribution in [1.82, 2.24) is 0 Å². The Morgan fingerprint density at radius 3 is 2.40 bits per heavy atom. The van der Waals surface area contributed by atoms with Gasteiger partial charge in [0, 0.05) is 5.88 Å². The van der Waals surface area contributed by atoms with Crippen LogP contribution in [0.5, 0.6) is 0 Å². The van der Waals surface area contributed by atoms with Crippen molar-refractivity contribution in [2.45, 2.75) is 45.4 Å². The molecule has 0 saturated heterocycles. The molecule has 10 heavy (non-hydrogen) atoms. The zero-order valence-electron chi connectivity index (χ0n) is 6.83. The van der Waals surface area contributed by atoms with Crippen molar-refractivity contribution in [1.29, 1.82) is 0 Å². The Hall–Kier alpha value is 0.290. The molecule has 0 bridgehead atoms. The van der Waals surface area contributed by atoms with Crippen LogP contribution in [0.15, 0.2) is 0 Å². The topological polar surface area (TPSA) is 0 Å². The Morgan fingerprint density at radius 2 is 2.10 bits per heavy atom. The van der Waals surface area contributed by atoms with Crippen LogP contribution in [0.25, 0.3) is 0 Å². The Morgan fingerprint density at radius 1 is 1.40 bits per heavy atom. The van der Waals surface area contributed by atoms with E-state index in [2.05, 4.69) is 6.92 Å². The molecule has 60 valence electrons. The Bertz CT molecular complexity index is 89.4. The first-order valence-corrected chi connectivity index (χ1v) is 4.92. The molecule has 1 aliphatic rings. The van der Waals surface area contributed by atoms with Gasteiger partial charge in [0.1, 0.15) is 0 Å². The maximum absolute atomic E-state index is 5.90. The number of halogens is 1. The zero-order valence-corrected chi connectivity index (χ0v) is 7.58. The second-order valence-electron chi connectivity index (χ2n) is 3.59. The molecule has 0 amide bonds. The van der Waals surface area contributed by atoms with Crippen LogP contribution in [0.4, 0.5) is 0 Å². The van der Waals surface area contributed by atoms with Gasteiger partial charge in [0.2, 0.25) is 0 Å². The highest BCUT2D eigenvalue weighted by molar-refractivity contribution is 6.18. The normalized spacial score (nSPS) is 22.2. The third kappa shape index (κ3) is 1.66. The molecule has 1 fully saturated rings. The standard InChI is InChI=1S/C9H17Cl/c1-2-3-5-9(8-10)6-4-7-9/h2-8H2,1H3. The Kier molecular flexibility index (Phi) is 3.03. The highest BCUT2D eigenvalue weighted by Gasteiger charge is 2.34. The minimum Gasteiger partial charge on any atom is -0.126 e. The van der Waals surface area contributed by atoms with Gasteiger partial charge in [-0.25, -0.2) is 0 Å². The van der Waals surface area contributed by atoms with E-state index in [0.29, 0.717) is 5.41 Å². The van der Waals surface area contributed by atoms with Crippen LogP contribution < -0.4 is 0 Å². The maximum Gasteiger partial charge on any atom is 0.0279 e. The van der Waals surface area contributed by atoms with Crippen LogP contribution in [0.1, 0.15) is 45.4 Å². The predicted molar refractivity (Wildman–Crippen MR) is 46.5 cm³/mol. The first-order chi connectivity index (χ1) is 4.83. The van der Waals surface area contributed by atoms with Gasteiger partial charge in [-0.3, -0.25) is 0 Å². The molecule has 0 unspecified atom stereocenters. The van der Waals surface area contributed by atoms with Crippen LogP contribution in [0.3, 0.4) is 0 Å². The van der Waals surface area contributed by atoms with Crippen molar-refractivity contribution < 1.29 is 0 Å². The van der Waals surface area contributed by atoms with Crippen LogP contribution in [0.2, 0.25) is 0 Å². The lowest BCUT2D eigenvalue weighted by Gasteiger charge is -2.40. The van der Waals surface area contributed by atoms with Gasteiger partial charge >= 0.3 is 0 Å². The van der Waals surface area contributed by atoms with Gasteiger partial charge < -0.3 is 0 Å². The van der Waals surface area contributed by atoms with Crippen LogP contribution in [-0.4, -0.2) is 5.88 Å². The summed E-state index contributed by atoms with van der Waals surface area (Å²) in [4.78, 5) is 0. The van der Waals surface area contributed by atoms with Crippen molar-refractivity contribution in [3.05, 3.63) is 0 Å². The Balaban J connectivity index is 2.20. The summed E-state index contributed by atoms with van der Waals surface area (Å²) in [5, 5.41) is 0. The van der Waals surface area contributed by atoms with E-state index in [0.717, 1.165) is 5.88 Å². The van der Waals surface area contributed by atoms with E-state index >= 15 is 0 Å². The molecule has 0 aliphatic heterocycles. The fourth-order valence-corrected chi connectivity index (χ4v) is 2.08. The van der Waals surface area contributed by atoms with Crippen LogP contribution >= 0.6 is 11.6 Å². The minimum absolute atomic E-state index is 0.581. The van der Waals surface area contributed by atoms with Gasteiger partial charge in [-0.1, -0.05) is 26.2 Å². The molecule has 0 spiro atoms.